The highest BCUT2D eigenvalue weighted by atomic mass is 79.9. The summed E-state index contributed by atoms with van der Waals surface area (Å²) in [6.45, 7) is 1.59. The van der Waals surface area contributed by atoms with E-state index in [1.807, 2.05) is 0 Å². The van der Waals surface area contributed by atoms with Gasteiger partial charge >= 0.3 is 6.09 Å². The topological polar surface area (TPSA) is 49.8 Å². The lowest BCUT2D eigenvalue weighted by Crippen LogP contribution is -2.23. The summed E-state index contributed by atoms with van der Waals surface area (Å²) < 4.78 is 5.45. The summed E-state index contributed by atoms with van der Waals surface area (Å²) in [5.41, 5.74) is 0.957. The van der Waals surface area contributed by atoms with Crippen LogP contribution >= 0.6 is 15.9 Å². The predicted octanol–water partition coefficient (Wildman–Crippen LogP) is 2.11. The average molecular weight is 272 g/mol. The van der Waals surface area contributed by atoms with E-state index in [2.05, 4.69) is 15.9 Å². The van der Waals surface area contributed by atoms with Crippen LogP contribution in [0.5, 0.6) is 5.75 Å². The van der Waals surface area contributed by atoms with Crippen molar-refractivity contribution in [1.82, 2.24) is 4.90 Å². The van der Waals surface area contributed by atoms with Gasteiger partial charge in [-0.2, -0.15) is 0 Å². The fraction of sp³-hybridized carbons (Fsp3) is 0.300. The van der Waals surface area contributed by atoms with E-state index in [0.29, 0.717) is 24.2 Å². The van der Waals surface area contributed by atoms with Crippen molar-refractivity contribution in [2.75, 3.05) is 13.2 Å². The van der Waals surface area contributed by atoms with Gasteiger partial charge in [0, 0.05) is 6.54 Å². The molecule has 1 amide bonds. The Morgan fingerprint density at radius 3 is 2.93 bits per heavy atom. The van der Waals surface area contributed by atoms with Crippen molar-refractivity contribution < 1.29 is 14.6 Å². The van der Waals surface area contributed by atoms with E-state index in [4.69, 9.17) is 4.74 Å². The molecule has 80 valence electrons. The summed E-state index contributed by atoms with van der Waals surface area (Å²) >= 11 is 3.23. The molecule has 1 aliphatic rings. The number of hydrogen-bond acceptors (Lipinski definition) is 3. The predicted molar refractivity (Wildman–Crippen MR) is 57.6 cm³/mol. The first-order valence-electron chi connectivity index (χ1n) is 4.56. The average Bonchev–Trinajstić information content (AvgIpc) is 2.59. The summed E-state index contributed by atoms with van der Waals surface area (Å²) in [5, 5.41) is 9.30. The van der Waals surface area contributed by atoms with Gasteiger partial charge in [0.05, 0.1) is 11.0 Å². The van der Waals surface area contributed by atoms with Crippen LogP contribution in [0.25, 0.3) is 0 Å². The fourth-order valence-corrected chi connectivity index (χ4v) is 1.86. The summed E-state index contributed by atoms with van der Waals surface area (Å²) in [6.07, 6.45) is -0.279. The highest BCUT2D eigenvalue weighted by Crippen LogP contribution is 2.25. The summed E-state index contributed by atoms with van der Waals surface area (Å²) in [4.78, 5) is 12.8. The summed E-state index contributed by atoms with van der Waals surface area (Å²) in [6, 6.07) is 5.17. The summed E-state index contributed by atoms with van der Waals surface area (Å²) in [5.74, 6) is 0.197. The minimum absolute atomic E-state index is 0.197. The molecule has 1 saturated heterocycles. The highest BCUT2D eigenvalue weighted by molar-refractivity contribution is 9.10. The molecule has 0 bridgehead atoms. The molecule has 5 heteroatoms. The molecule has 0 unspecified atom stereocenters. The SMILES string of the molecule is O=C1OCCN1Cc1ccc(O)c(Br)c1. The number of cyclic esters (lactones) is 1. The van der Waals surface area contributed by atoms with E-state index in [-0.39, 0.29) is 11.8 Å². The van der Waals surface area contributed by atoms with Crippen molar-refractivity contribution in [2.45, 2.75) is 6.54 Å². The van der Waals surface area contributed by atoms with Gasteiger partial charge in [-0.3, -0.25) is 0 Å². The molecule has 0 aliphatic carbocycles. The normalized spacial score (nSPS) is 15.5. The molecule has 0 radical (unpaired) electrons. The Kier molecular flexibility index (Phi) is 2.81. The second kappa shape index (κ2) is 4.10. The number of hydrogen-bond donors (Lipinski definition) is 1. The Bertz CT molecular complexity index is 394. The number of amides is 1. The van der Waals surface area contributed by atoms with Crippen molar-refractivity contribution in [2.24, 2.45) is 0 Å². The van der Waals surface area contributed by atoms with Crippen LogP contribution in [0.1, 0.15) is 5.56 Å². The number of phenols is 1. The first-order valence-corrected chi connectivity index (χ1v) is 5.35. The molecule has 1 heterocycles. The van der Waals surface area contributed by atoms with Crippen molar-refractivity contribution in [3.63, 3.8) is 0 Å². The number of nitrogens with zero attached hydrogens (tertiary/aromatic N) is 1. The molecule has 2 rings (SSSR count). The maximum atomic E-state index is 11.2. The number of carbonyl (C=O) groups is 1. The van der Waals surface area contributed by atoms with Crippen LogP contribution in [0.3, 0.4) is 0 Å². The third-order valence-corrected chi connectivity index (χ3v) is 2.87. The number of aromatic hydroxyl groups is 1. The Hall–Kier alpha value is -1.23. The van der Waals surface area contributed by atoms with Crippen LogP contribution in [0, 0.1) is 0 Å². The number of phenolic OH excluding ortho intramolecular Hbond substituents is 1. The van der Waals surface area contributed by atoms with Crippen molar-refractivity contribution >= 4 is 22.0 Å². The van der Waals surface area contributed by atoms with Crippen molar-refractivity contribution in [3.8, 4) is 5.75 Å². The zero-order valence-electron chi connectivity index (χ0n) is 7.94. The molecule has 1 fully saturated rings. The monoisotopic (exact) mass is 271 g/mol. The fourth-order valence-electron chi connectivity index (χ4n) is 1.44. The lowest BCUT2D eigenvalue weighted by molar-refractivity contribution is 0.157. The third-order valence-electron chi connectivity index (χ3n) is 2.23. The van der Waals surface area contributed by atoms with Gasteiger partial charge in [-0.1, -0.05) is 6.07 Å². The van der Waals surface area contributed by atoms with Gasteiger partial charge in [-0.15, -0.1) is 0 Å². The molecular formula is C10H10BrNO3. The first-order chi connectivity index (χ1) is 7.16. The van der Waals surface area contributed by atoms with E-state index in [1.165, 1.54) is 0 Å². The van der Waals surface area contributed by atoms with Gasteiger partial charge in [0.15, 0.2) is 0 Å². The Labute approximate surface area is 95.6 Å². The highest BCUT2D eigenvalue weighted by Gasteiger charge is 2.21. The van der Waals surface area contributed by atoms with Crippen LogP contribution in [-0.2, 0) is 11.3 Å². The van der Waals surface area contributed by atoms with Gasteiger partial charge < -0.3 is 14.7 Å². The molecule has 0 atom stereocenters. The van der Waals surface area contributed by atoms with E-state index in [9.17, 15) is 9.90 Å². The van der Waals surface area contributed by atoms with Crippen LogP contribution in [-0.4, -0.2) is 29.3 Å². The van der Waals surface area contributed by atoms with E-state index in [0.717, 1.165) is 5.56 Å². The number of halogens is 1. The first kappa shape index (κ1) is 10.3. The lowest BCUT2D eigenvalue weighted by atomic mass is 10.2. The third kappa shape index (κ3) is 2.23. The quantitative estimate of drug-likeness (QED) is 0.897. The number of ether oxygens (including phenoxy) is 1. The minimum Gasteiger partial charge on any atom is -0.507 e. The molecule has 0 aromatic heterocycles. The van der Waals surface area contributed by atoms with E-state index >= 15 is 0 Å². The Morgan fingerprint density at radius 2 is 2.33 bits per heavy atom. The second-order valence-corrected chi connectivity index (χ2v) is 4.18. The molecule has 1 aromatic rings. The molecule has 4 nitrogen and oxygen atoms in total. The van der Waals surface area contributed by atoms with Gasteiger partial charge in [0.25, 0.3) is 0 Å². The maximum Gasteiger partial charge on any atom is 0.410 e. The number of rotatable bonds is 2. The number of carbonyl (C=O) groups excluding carboxylic acids is 1. The minimum atomic E-state index is -0.279. The molecule has 0 saturated carbocycles. The molecule has 15 heavy (non-hydrogen) atoms. The largest absolute Gasteiger partial charge is 0.507 e. The van der Waals surface area contributed by atoms with E-state index in [1.54, 1.807) is 23.1 Å². The molecule has 0 spiro atoms. The van der Waals surface area contributed by atoms with Crippen LogP contribution in [0.15, 0.2) is 22.7 Å². The van der Waals surface area contributed by atoms with E-state index < -0.39 is 0 Å². The van der Waals surface area contributed by atoms with Gasteiger partial charge in [-0.05, 0) is 33.6 Å². The smallest absolute Gasteiger partial charge is 0.410 e. The standard InChI is InChI=1S/C10H10BrNO3/c11-8-5-7(1-2-9(8)13)6-12-3-4-15-10(12)14/h1-2,5,13H,3-4,6H2. The zero-order valence-corrected chi connectivity index (χ0v) is 9.53. The van der Waals surface area contributed by atoms with Crippen LogP contribution < -0.4 is 0 Å². The molecule has 1 aromatic carbocycles. The Morgan fingerprint density at radius 1 is 1.53 bits per heavy atom. The Balaban J connectivity index is 2.10. The molecular weight excluding hydrogens is 262 g/mol. The van der Waals surface area contributed by atoms with Crippen molar-refractivity contribution in [3.05, 3.63) is 28.2 Å². The second-order valence-electron chi connectivity index (χ2n) is 3.32. The van der Waals surface area contributed by atoms with Gasteiger partial charge in [0.1, 0.15) is 12.4 Å². The molecule has 1 N–H and O–H groups in total. The van der Waals surface area contributed by atoms with Crippen LogP contribution in [0.4, 0.5) is 4.79 Å². The lowest BCUT2D eigenvalue weighted by Gasteiger charge is -2.12. The maximum absolute atomic E-state index is 11.2. The molecule has 1 aliphatic heterocycles. The van der Waals surface area contributed by atoms with Crippen molar-refractivity contribution in [1.29, 1.82) is 0 Å². The summed E-state index contributed by atoms with van der Waals surface area (Å²) in [7, 11) is 0. The zero-order chi connectivity index (χ0) is 10.8. The van der Waals surface area contributed by atoms with Crippen LogP contribution in [0.2, 0.25) is 0 Å². The number of benzene rings is 1. The van der Waals surface area contributed by atoms with Gasteiger partial charge in [-0.25, -0.2) is 4.79 Å². The van der Waals surface area contributed by atoms with Gasteiger partial charge in [0.2, 0.25) is 0 Å².